The van der Waals surface area contributed by atoms with Crippen molar-refractivity contribution in [3.63, 3.8) is 0 Å². The van der Waals surface area contributed by atoms with Crippen molar-refractivity contribution in [1.82, 2.24) is 5.32 Å². The van der Waals surface area contributed by atoms with Crippen molar-refractivity contribution in [2.24, 2.45) is 11.7 Å². The van der Waals surface area contributed by atoms with Gasteiger partial charge in [-0.25, -0.2) is 0 Å². The third kappa shape index (κ3) is 3.13. The van der Waals surface area contributed by atoms with Crippen LogP contribution >= 0.6 is 0 Å². The van der Waals surface area contributed by atoms with E-state index < -0.39 is 10.5 Å². The number of hydrogen-bond donors (Lipinski definition) is 2. The number of carbonyl (C=O) groups excluding carboxylic acids is 1. The monoisotopic (exact) mass is 293 g/mol. The largest absolute Gasteiger partial charge is 0.496 e. The van der Waals surface area contributed by atoms with E-state index in [1.165, 1.54) is 25.3 Å². The van der Waals surface area contributed by atoms with E-state index in [0.29, 0.717) is 12.5 Å². The van der Waals surface area contributed by atoms with E-state index in [2.05, 4.69) is 5.32 Å². The molecule has 1 atom stereocenters. The highest BCUT2D eigenvalue weighted by molar-refractivity contribution is 5.97. The molecule has 21 heavy (non-hydrogen) atoms. The zero-order valence-electron chi connectivity index (χ0n) is 12.1. The van der Waals surface area contributed by atoms with Crippen molar-refractivity contribution in [2.45, 2.75) is 25.3 Å². The Balaban J connectivity index is 2.24. The van der Waals surface area contributed by atoms with Crippen LogP contribution in [0.1, 0.15) is 30.1 Å². The van der Waals surface area contributed by atoms with Gasteiger partial charge in [-0.2, -0.15) is 0 Å². The van der Waals surface area contributed by atoms with Gasteiger partial charge in [0, 0.05) is 12.6 Å². The second-order valence-corrected chi connectivity index (χ2v) is 5.49. The molecule has 0 saturated heterocycles. The standard InChI is InChI=1S/C14H19N3O4/c1-14(8-15,9-3-4-9)16-13(18)11-6-5-10(17(19)20)7-12(11)21-2/h5-7,9H,3-4,8,15H2,1-2H3,(H,16,18). The predicted molar refractivity (Wildman–Crippen MR) is 77.3 cm³/mol. The molecule has 0 heterocycles. The number of nitrogens with two attached hydrogens (primary N) is 1. The summed E-state index contributed by atoms with van der Waals surface area (Å²) in [5.41, 5.74) is 5.47. The average molecular weight is 293 g/mol. The van der Waals surface area contributed by atoms with Crippen LogP contribution in [-0.4, -0.2) is 30.0 Å². The fraction of sp³-hybridized carbons (Fsp3) is 0.500. The summed E-state index contributed by atoms with van der Waals surface area (Å²) in [6.07, 6.45) is 2.09. The second kappa shape index (κ2) is 5.69. The molecule has 0 spiro atoms. The number of nitro benzene ring substituents is 1. The number of hydrogen-bond acceptors (Lipinski definition) is 5. The molecule has 3 N–H and O–H groups in total. The van der Waals surface area contributed by atoms with Crippen molar-refractivity contribution >= 4 is 11.6 Å². The molecule has 0 radical (unpaired) electrons. The van der Waals surface area contributed by atoms with Gasteiger partial charge in [-0.05, 0) is 31.7 Å². The van der Waals surface area contributed by atoms with Gasteiger partial charge in [0.2, 0.25) is 0 Å². The van der Waals surface area contributed by atoms with Crippen molar-refractivity contribution in [2.75, 3.05) is 13.7 Å². The van der Waals surface area contributed by atoms with Crippen LogP contribution in [-0.2, 0) is 0 Å². The normalized spacial score (nSPS) is 16.9. The lowest BCUT2D eigenvalue weighted by Gasteiger charge is -2.29. The number of benzene rings is 1. The topological polar surface area (TPSA) is 107 Å². The van der Waals surface area contributed by atoms with Gasteiger partial charge >= 0.3 is 0 Å². The summed E-state index contributed by atoms with van der Waals surface area (Å²) < 4.78 is 5.09. The lowest BCUT2D eigenvalue weighted by molar-refractivity contribution is -0.384. The summed E-state index contributed by atoms with van der Waals surface area (Å²) in [6, 6.07) is 3.93. The first-order valence-corrected chi connectivity index (χ1v) is 6.76. The Morgan fingerprint density at radius 3 is 2.71 bits per heavy atom. The van der Waals surface area contributed by atoms with E-state index >= 15 is 0 Å². The summed E-state index contributed by atoms with van der Waals surface area (Å²) in [5, 5.41) is 13.7. The molecule has 1 aromatic carbocycles. The summed E-state index contributed by atoms with van der Waals surface area (Å²) in [5.74, 6) is 0.231. The van der Waals surface area contributed by atoms with Crippen LogP contribution in [0.15, 0.2) is 18.2 Å². The molecule has 1 amide bonds. The second-order valence-electron chi connectivity index (χ2n) is 5.49. The molecule has 1 aliphatic rings. The zero-order valence-corrected chi connectivity index (χ0v) is 12.1. The van der Waals surface area contributed by atoms with Crippen molar-refractivity contribution in [3.05, 3.63) is 33.9 Å². The van der Waals surface area contributed by atoms with Crippen LogP contribution < -0.4 is 15.8 Å². The fourth-order valence-electron chi connectivity index (χ4n) is 2.35. The molecule has 1 unspecified atom stereocenters. The Bertz CT molecular complexity index is 571. The van der Waals surface area contributed by atoms with Crippen molar-refractivity contribution in [1.29, 1.82) is 0 Å². The van der Waals surface area contributed by atoms with Gasteiger partial charge in [0.05, 0.1) is 29.2 Å². The van der Waals surface area contributed by atoms with E-state index in [0.717, 1.165) is 12.8 Å². The first-order valence-electron chi connectivity index (χ1n) is 6.76. The van der Waals surface area contributed by atoms with Crippen LogP contribution in [0.4, 0.5) is 5.69 Å². The van der Waals surface area contributed by atoms with Gasteiger partial charge in [-0.1, -0.05) is 0 Å². The van der Waals surface area contributed by atoms with E-state index in [1.54, 1.807) is 0 Å². The molecule has 1 fully saturated rings. The smallest absolute Gasteiger partial charge is 0.273 e. The summed E-state index contributed by atoms with van der Waals surface area (Å²) in [7, 11) is 1.37. The van der Waals surface area contributed by atoms with Crippen LogP contribution in [0.3, 0.4) is 0 Å². The molecule has 114 valence electrons. The highest BCUT2D eigenvalue weighted by Crippen LogP contribution is 2.39. The number of carbonyl (C=O) groups is 1. The maximum Gasteiger partial charge on any atom is 0.273 e. The lowest BCUT2D eigenvalue weighted by Crippen LogP contribution is -2.53. The Labute approximate surface area is 122 Å². The van der Waals surface area contributed by atoms with E-state index in [-0.39, 0.29) is 22.9 Å². The van der Waals surface area contributed by atoms with E-state index in [9.17, 15) is 14.9 Å². The minimum Gasteiger partial charge on any atom is -0.496 e. The summed E-state index contributed by atoms with van der Waals surface area (Å²) in [4.78, 5) is 22.6. The average Bonchev–Trinajstić information content (AvgIpc) is 3.31. The Kier molecular flexibility index (Phi) is 4.13. The van der Waals surface area contributed by atoms with Gasteiger partial charge in [0.25, 0.3) is 11.6 Å². The molecule has 0 aromatic heterocycles. The quantitative estimate of drug-likeness (QED) is 0.610. The van der Waals surface area contributed by atoms with Gasteiger partial charge in [-0.15, -0.1) is 0 Å². The van der Waals surface area contributed by atoms with Crippen LogP contribution in [0, 0.1) is 16.0 Å². The number of methoxy groups -OCH3 is 1. The van der Waals surface area contributed by atoms with Crippen LogP contribution in [0.2, 0.25) is 0 Å². The SMILES string of the molecule is COc1cc([N+](=O)[O-])ccc1C(=O)NC(C)(CN)C1CC1. The minimum absolute atomic E-state index is 0.118. The predicted octanol–water partition coefficient (Wildman–Crippen LogP) is 1.46. The third-order valence-electron chi connectivity index (χ3n) is 3.94. The number of non-ortho nitro benzene ring substituents is 1. The van der Waals surface area contributed by atoms with E-state index in [4.69, 9.17) is 10.5 Å². The number of rotatable bonds is 6. The number of nitrogens with zero attached hydrogens (tertiary/aromatic N) is 1. The zero-order chi connectivity index (χ0) is 15.6. The maximum atomic E-state index is 12.4. The minimum atomic E-state index is -0.529. The van der Waals surface area contributed by atoms with Gasteiger partial charge in [0.1, 0.15) is 5.75 Å². The van der Waals surface area contributed by atoms with Gasteiger partial charge < -0.3 is 15.8 Å². The highest BCUT2D eigenvalue weighted by Gasteiger charge is 2.41. The van der Waals surface area contributed by atoms with E-state index in [1.807, 2.05) is 6.92 Å². The molecule has 0 aliphatic heterocycles. The first kappa shape index (κ1) is 15.2. The highest BCUT2D eigenvalue weighted by atomic mass is 16.6. The maximum absolute atomic E-state index is 12.4. The Hall–Kier alpha value is -2.15. The molecule has 7 heteroatoms. The fourth-order valence-corrected chi connectivity index (χ4v) is 2.35. The Morgan fingerprint density at radius 2 is 2.24 bits per heavy atom. The summed E-state index contributed by atoms with van der Waals surface area (Å²) >= 11 is 0. The van der Waals surface area contributed by atoms with Crippen LogP contribution in [0.25, 0.3) is 0 Å². The molecule has 1 aliphatic carbocycles. The van der Waals surface area contributed by atoms with Gasteiger partial charge in [-0.3, -0.25) is 14.9 Å². The third-order valence-corrected chi connectivity index (χ3v) is 3.94. The number of ether oxygens (including phenoxy) is 1. The number of amides is 1. The number of nitrogens with one attached hydrogen (secondary N) is 1. The molecule has 1 saturated carbocycles. The van der Waals surface area contributed by atoms with Crippen molar-refractivity contribution in [3.8, 4) is 5.75 Å². The number of nitro groups is 1. The molecular weight excluding hydrogens is 274 g/mol. The molecule has 0 bridgehead atoms. The molecular formula is C14H19N3O4. The Morgan fingerprint density at radius 1 is 1.57 bits per heavy atom. The summed E-state index contributed by atoms with van der Waals surface area (Å²) in [6.45, 7) is 2.26. The van der Waals surface area contributed by atoms with Gasteiger partial charge in [0.15, 0.2) is 0 Å². The molecule has 1 aromatic rings. The molecule has 7 nitrogen and oxygen atoms in total. The molecule has 2 rings (SSSR count). The first-order chi connectivity index (χ1) is 9.91. The van der Waals surface area contributed by atoms with Crippen LogP contribution in [0.5, 0.6) is 5.75 Å². The lowest BCUT2D eigenvalue weighted by atomic mass is 9.95. The van der Waals surface area contributed by atoms with Crippen molar-refractivity contribution < 1.29 is 14.5 Å².